The van der Waals surface area contributed by atoms with Crippen LogP contribution in [0.15, 0.2) is 11.6 Å². The molecule has 0 aromatic rings. The number of hydrogen-bond acceptors (Lipinski definition) is 1. The van der Waals surface area contributed by atoms with Gasteiger partial charge in [0.05, 0.1) is 0 Å². The largest absolute Gasteiger partial charge is 0.308 e. The molecular weight excluding hydrogens is 206 g/mol. The highest BCUT2D eigenvalue weighted by Gasteiger charge is 2.58. The van der Waals surface area contributed by atoms with Gasteiger partial charge in [-0.15, -0.1) is 0 Å². The molecular formula is C13H22ClN. The summed E-state index contributed by atoms with van der Waals surface area (Å²) in [6, 6.07) is 0.597. The molecule has 2 fully saturated rings. The average Bonchev–Trinajstić information content (AvgIpc) is 2.54. The van der Waals surface area contributed by atoms with Crippen molar-refractivity contribution in [2.75, 3.05) is 6.54 Å². The second-order valence-corrected chi connectivity index (χ2v) is 6.78. The number of hydrogen-bond donors (Lipinski definition) is 1. The zero-order chi connectivity index (χ0) is 11.3. The van der Waals surface area contributed by atoms with Crippen LogP contribution in [0.3, 0.4) is 0 Å². The highest BCUT2D eigenvalue weighted by molar-refractivity contribution is 6.29. The van der Waals surface area contributed by atoms with Gasteiger partial charge in [-0.3, -0.25) is 0 Å². The van der Waals surface area contributed by atoms with E-state index in [1.807, 2.05) is 0 Å². The van der Waals surface area contributed by atoms with Crippen molar-refractivity contribution >= 4 is 11.6 Å². The van der Waals surface area contributed by atoms with Gasteiger partial charge in [-0.1, -0.05) is 39.0 Å². The molecule has 2 bridgehead atoms. The Bertz CT molecular complexity index is 280. The average molecular weight is 228 g/mol. The molecule has 86 valence electrons. The van der Waals surface area contributed by atoms with E-state index in [4.69, 9.17) is 11.6 Å². The summed E-state index contributed by atoms with van der Waals surface area (Å²) in [5, 5.41) is 4.33. The van der Waals surface area contributed by atoms with Crippen molar-refractivity contribution in [3.05, 3.63) is 11.6 Å². The highest BCUT2D eigenvalue weighted by Crippen LogP contribution is 2.62. The molecule has 0 spiro atoms. The van der Waals surface area contributed by atoms with Gasteiger partial charge in [0.2, 0.25) is 0 Å². The van der Waals surface area contributed by atoms with E-state index >= 15 is 0 Å². The zero-order valence-electron chi connectivity index (χ0n) is 10.1. The SMILES string of the molecule is C=C(Cl)CNC1C2(C)CCC(C2)C1(C)C. The lowest BCUT2D eigenvalue weighted by Crippen LogP contribution is -2.50. The first kappa shape index (κ1) is 11.5. The monoisotopic (exact) mass is 227 g/mol. The van der Waals surface area contributed by atoms with Crippen LogP contribution in [0.2, 0.25) is 0 Å². The molecule has 0 aromatic carbocycles. The van der Waals surface area contributed by atoms with Crippen molar-refractivity contribution < 1.29 is 0 Å². The lowest BCUT2D eigenvalue weighted by Gasteiger charge is -2.43. The Morgan fingerprint density at radius 3 is 2.60 bits per heavy atom. The van der Waals surface area contributed by atoms with Crippen molar-refractivity contribution in [3.63, 3.8) is 0 Å². The summed E-state index contributed by atoms with van der Waals surface area (Å²) >= 11 is 5.84. The van der Waals surface area contributed by atoms with E-state index in [2.05, 4.69) is 32.7 Å². The van der Waals surface area contributed by atoms with Gasteiger partial charge in [-0.05, 0) is 36.0 Å². The molecule has 0 heterocycles. The van der Waals surface area contributed by atoms with Gasteiger partial charge in [0.25, 0.3) is 0 Å². The fourth-order valence-corrected chi connectivity index (χ4v) is 4.10. The molecule has 0 amide bonds. The standard InChI is InChI=1S/C13H22ClN/c1-9(14)8-15-11-12(2,3)10-5-6-13(11,4)7-10/h10-11,15H,1,5-8H2,2-4H3. The normalized spacial score (nSPS) is 42.1. The number of nitrogens with one attached hydrogen (secondary N) is 1. The van der Waals surface area contributed by atoms with E-state index in [9.17, 15) is 0 Å². The summed E-state index contributed by atoms with van der Waals surface area (Å²) in [5.41, 5.74) is 0.903. The Morgan fingerprint density at radius 1 is 1.47 bits per heavy atom. The molecule has 2 heteroatoms. The lowest BCUT2D eigenvalue weighted by atomic mass is 9.68. The predicted octanol–water partition coefficient (Wildman–Crippen LogP) is 3.54. The van der Waals surface area contributed by atoms with Gasteiger partial charge in [0.15, 0.2) is 0 Å². The Labute approximate surface area is 98.3 Å². The van der Waals surface area contributed by atoms with Crippen LogP contribution in [0.5, 0.6) is 0 Å². The Morgan fingerprint density at radius 2 is 2.13 bits per heavy atom. The van der Waals surface area contributed by atoms with Gasteiger partial charge < -0.3 is 5.32 Å². The van der Waals surface area contributed by atoms with E-state index in [0.717, 1.165) is 17.5 Å². The molecule has 1 N–H and O–H groups in total. The Hall–Kier alpha value is -0.0100. The van der Waals surface area contributed by atoms with Crippen LogP contribution < -0.4 is 5.32 Å². The molecule has 2 aliphatic rings. The zero-order valence-corrected chi connectivity index (χ0v) is 10.8. The van der Waals surface area contributed by atoms with Gasteiger partial charge in [0.1, 0.15) is 0 Å². The topological polar surface area (TPSA) is 12.0 Å². The second kappa shape index (κ2) is 3.49. The fourth-order valence-electron chi connectivity index (χ4n) is 4.02. The van der Waals surface area contributed by atoms with Gasteiger partial charge in [-0.2, -0.15) is 0 Å². The van der Waals surface area contributed by atoms with E-state index in [-0.39, 0.29) is 0 Å². The Balaban J connectivity index is 2.12. The molecule has 0 saturated heterocycles. The number of halogens is 1. The lowest BCUT2D eigenvalue weighted by molar-refractivity contribution is 0.112. The summed E-state index contributed by atoms with van der Waals surface area (Å²) in [5.74, 6) is 0.892. The first-order valence-electron chi connectivity index (χ1n) is 5.93. The van der Waals surface area contributed by atoms with Crippen LogP contribution in [0.1, 0.15) is 40.0 Å². The van der Waals surface area contributed by atoms with Crippen molar-refractivity contribution in [1.82, 2.24) is 5.32 Å². The predicted molar refractivity (Wildman–Crippen MR) is 66.0 cm³/mol. The summed E-state index contributed by atoms with van der Waals surface area (Å²) in [6.07, 6.45) is 4.16. The van der Waals surface area contributed by atoms with Crippen LogP contribution in [0.4, 0.5) is 0 Å². The third kappa shape index (κ3) is 1.74. The second-order valence-electron chi connectivity index (χ2n) is 6.25. The van der Waals surface area contributed by atoms with Crippen LogP contribution in [0.25, 0.3) is 0 Å². The van der Waals surface area contributed by atoms with E-state index in [1.54, 1.807) is 0 Å². The number of fused-ring (bicyclic) bond motifs is 2. The third-order valence-electron chi connectivity index (χ3n) is 4.77. The smallest absolute Gasteiger partial charge is 0.0310 e. The molecule has 15 heavy (non-hydrogen) atoms. The summed E-state index contributed by atoms with van der Waals surface area (Å²) in [7, 11) is 0. The van der Waals surface area contributed by atoms with E-state index in [0.29, 0.717) is 16.9 Å². The first-order chi connectivity index (χ1) is 6.86. The minimum Gasteiger partial charge on any atom is -0.308 e. The van der Waals surface area contributed by atoms with Gasteiger partial charge >= 0.3 is 0 Å². The fraction of sp³-hybridized carbons (Fsp3) is 0.846. The first-order valence-corrected chi connectivity index (χ1v) is 6.31. The summed E-state index contributed by atoms with van der Waals surface area (Å²) in [4.78, 5) is 0. The van der Waals surface area contributed by atoms with Crippen molar-refractivity contribution in [2.24, 2.45) is 16.7 Å². The van der Waals surface area contributed by atoms with Gasteiger partial charge in [0, 0.05) is 17.6 Å². The molecule has 0 aromatic heterocycles. The molecule has 3 atom stereocenters. The molecule has 2 aliphatic carbocycles. The van der Waals surface area contributed by atoms with Crippen molar-refractivity contribution in [3.8, 4) is 0 Å². The van der Waals surface area contributed by atoms with Crippen LogP contribution in [0, 0.1) is 16.7 Å². The van der Waals surface area contributed by atoms with E-state index < -0.39 is 0 Å². The van der Waals surface area contributed by atoms with Crippen molar-refractivity contribution in [1.29, 1.82) is 0 Å². The third-order valence-corrected chi connectivity index (χ3v) is 4.90. The number of rotatable bonds is 3. The Kier molecular flexibility index (Phi) is 2.67. The molecule has 1 nitrogen and oxygen atoms in total. The summed E-state index contributed by atoms with van der Waals surface area (Å²) in [6.45, 7) is 11.7. The maximum Gasteiger partial charge on any atom is 0.0310 e. The maximum absolute atomic E-state index is 5.84. The molecule has 2 rings (SSSR count). The van der Waals surface area contributed by atoms with Gasteiger partial charge in [-0.25, -0.2) is 0 Å². The molecule has 0 radical (unpaired) electrons. The van der Waals surface area contributed by atoms with Crippen LogP contribution in [-0.2, 0) is 0 Å². The molecule has 2 saturated carbocycles. The summed E-state index contributed by atoms with van der Waals surface area (Å²) < 4.78 is 0. The van der Waals surface area contributed by atoms with Crippen LogP contribution >= 0.6 is 11.6 Å². The maximum atomic E-state index is 5.84. The van der Waals surface area contributed by atoms with Crippen molar-refractivity contribution in [2.45, 2.75) is 46.1 Å². The highest BCUT2D eigenvalue weighted by atomic mass is 35.5. The van der Waals surface area contributed by atoms with E-state index in [1.165, 1.54) is 19.3 Å². The molecule has 0 aliphatic heterocycles. The minimum absolute atomic E-state index is 0.416. The minimum atomic E-state index is 0.416. The van der Waals surface area contributed by atoms with Crippen LogP contribution in [-0.4, -0.2) is 12.6 Å². The quantitative estimate of drug-likeness (QED) is 0.778. The molecule has 3 unspecified atom stereocenters.